The van der Waals surface area contributed by atoms with Crippen LogP contribution in [-0.4, -0.2) is 50.3 Å². The minimum Gasteiger partial charge on any atom is -0.381 e. The maximum absolute atomic E-state index is 5.60. The van der Waals surface area contributed by atoms with Crippen molar-refractivity contribution in [3.05, 3.63) is 23.9 Å². The molecule has 2 rings (SSSR count). The van der Waals surface area contributed by atoms with E-state index in [1.54, 1.807) is 0 Å². The fourth-order valence-corrected chi connectivity index (χ4v) is 3.10. The summed E-state index contributed by atoms with van der Waals surface area (Å²) in [5.74, 6) is 1.95. The van der Waals surface area contributed by atoms with Gasteiger partial charge in [0, 0.05) is 45.6 Å². The van der Waals surface area contributed by atoms with Crippen LogP contribution in [0, 0.1) is 0 Å². The van der Waals surface area contributed by atoms with Gasteiger partial charge in [-0.3, -0.25) is 0 Å². The Morgan fingerprint density at radius 1 is 1.15 bits per heavy atom. The number of hydrogen-bond donors (Lipinski definition) is 2. The molecule has 1 fully saturated rings. The summed E-state index contributed by atoms with van der Waals surface area (Å²) in [5, 5.41) is 6.71. The molecule has 0 atom stereocenters. The van der Waals surface area contributed by atoms with Crippen LogP contribution in [0.5, 0.6) is 0 Å². The summed E-state index contributed by atoms with van der Waals surface area (Å²) in [5.41, 5.74) is 1.20. The van der Waals surface area contributed by atoms with Crippen molar-refractivity contribution < 1.29 is 4.74 Å². The van der Waals surface area contributed by atoms with Gasteiger partial charge < -0.3 is 20.3 Å². The van der Waals surface area contributed by atoms with Gasteiger partial charge in [0.1, 0.15) is 5.82 Å². The number of rotatable bonds is 11. The fraction of sp³-hybridized carbons (Fsp3) is 0.714. The van der Waals surface area contributed by atoms with Crippen molar-refractivity contribution in [2.75, 3.05) is 44.3 Å². The van der Waals surface area contributed by atoms with E-state index in [1.807, 2.05) is 6.20 Å². The highest BCUT2D eigenvalue weighted by Gasteiger charge is 2.12. The number of aliphatic imine (C=N–C) groups is 1. The predicted octanol–water partition coefficient (Wildman–Crippen LogP) is 3.33. The van der Waals surface area contributed by atoms with Gasteiger partial charge in [-0.1, -0.05) is 13.3 Å². The van der Waals surface area contributed by atoms with E-state index in [2.05, 4.69) is 46.5 Å². The highest BCUT2D eigenvalue weighted by Crippen LogP contribution is 2.18. The van der Waals surface area contributed by atoms with Crippen molar-refractivity contribution in [2.45, 2.75) is 58.9 Å². The molecule has 1 aromatic heterocycles. The maximum atomic E-state index is 5.60. The molecule has 0 amide bonds. The lowest BCUT2D eigenvalue weighted by Crippen LogP contribution is -2.38. The van der Waals surface area contributed by atoms with E-state index in [0.29, 0.717) is 6.54 Å². The Hall–Kier alpha value is -1.82. The topological polar surface area (TPSA) is 61.8 Å². The highest BCUT2D eigenvalue weighted by atomic mass is 16.5. The second kappa shape index (κ2) is 13.4. The van der Waals surface area contributed by atoms with Crippen molar-refractivity contribution in [3.63, 3.8) is 0 Å². The second-order valence-electron chi connectivity index (χ2n) is 7.01. The van der Waals surface area contributed by atoms with Crippen molar-refractivity contribution in [2.24, 2.45) is 4.99 Å². The van der Waals surface area contributed by atoms with Gasteiger partial charge >= 0.3 is 0 Å². The molecular formula is C21H37N5O. The molecule has 1 aromatic rings. The number of ether oxygens (including phenoxy) is 1. The van der Waals surface area contributed by atoms with Gasteiger partial charge in [-0.15, -0.1) is 0 Å². The average molecular weight is 376 g/mol. The van der Waals surface area contributed by atoms with Crippen LogP contribution in [-0.2, 0) is 11.3 Å². The first-order valence-electron chi connectivity index (χ1n) is 10.6. The summed E-state index contributed by atoms with van der Waals surface area (Å²) in [6, 6.07) is 4.24. The Labute approximate surface area is 164 Å². The molecule has 0 aliphatic carbocycles. The van der Waals surface area contributed by atoms with Gasteiger partial charge in [0.15, 0.2) is 5.96 Å². The van der Waals surface area contributed by atoms with Crippen LogP contribution in [0.15, 0.2) is 23.3 Å². The minimum absolute atomic E-state index is 0.658. The summed E-state index contributed by atoms with van der Waals surface area (Å²) < 4.78 is 5.60. The monoisotopic (exact) mass is 375 g/mol. The number of guanidine groups is 1. The quantitative estimate of drug-likeness (QED) is 0.353. The van der Waals surface area contributed by atoms with Gasteiger partial charge in [0.05, 0.1) is 6.54 Å². The van der Waals surface area contributed by atoms with E-state index in [0.717, 1.165) is 64.0 Å². The van der Waals surface area contributed by atoms with E-state index in [4.69, 9.17) is 9.73 Å². The molecule has 0 spiro atoms. The van der Waals surface area contributed by atoms with E-state index in [9.17, 15) is 0 Å². The van der Waals surface area contributed by atoms with Gasteiger partial charge in [-0.2, -0.15) is 0 Å². The van der Waals surface area contributed by atoms with Crippen LogP contribution in [0.2, 0.25) is 0 Å². The molecule has 0 bridgehead atoms. The van der Waals surface area contributed by atoms with E-state index in [1.165, 1.54) is 31.2 Å². The van der Waals surface area contributed by atoms with Crippen LogP contribution in [0.4, 0.5) is 5.82 Å². The van der Waals surface area contributed by atoms with Gasteiger partial charge in [-0.05, 0) is 56.7 Å². The molecule has 1 saturated heterocycles. The normalized spacial score (nSPS) is 15.0. The van der Waals surface area contributed by atoms with Crippen LogP contribution in [0.25, 0.3) is 0 Å². The molecule has 6 nitrogen and oxygen atoms in total. The molecule has 6 heteroatoms. The number of unbranched alkanes of at least 4 members (excludes halogenated alkanes) is 1. The molecular weight excluding hydrogens is 338 g/mol. The molecule has 1 aliphatic heterocycles. The molecule has 0 radical (unpaired) electrons. The van der Waals surface area contributed by atoms with E-state index >= 15 is 0 Å². The smallest absolute Gasteiger partial charge is 0.191 e. The lowest BCUT2D eigenvalue weighted by Gasteiger charge is -2.27. The fourth-order valence-electron chi connectivity index (χ4n) is 3.10. The Morgan fingerprint density at radius 3 is 2.74 bits per heavy atom. The number of nitrogens with one attached hydrogen (secondary N) is 2. The molecule has 27 heavy (non-hydrogen) atoms. The summed E-state index contributed by atoms with van der Waals surface area (Å²) in [7, 11) is 0. The summed E-state index contributed by atoms with van der Waals surface area (Å²) in [6.45, 7) is 10.6. The number of piperidine rings is 1. The lowest BCUT2D eigenvalue weighted by molar-refractivity contribution is 0.129. The minimum atomic E-state index is 0.658. The number of anilines is 1. The number of aromatic nitrogens is 1. The molecule has 2 N–H and O–H groups in total. The number of pyridine rings is 1. The van der Waals surface area contributed by atoms with Crippen LogP contribution in [0.3, 0.4) is 0 Å². The Morgan fingerprint density at radius 2 is 1.96 bits per heavy atom. The van der Waals surface area contributed by atoms with Gasteiger partial charge in [-0.25, -0.2) is 9.98 Å². The SMILES string of the molecule is CCCCOCCCNC(=NCc1ccnc(N2CCCCC2)c1)NCC. The highest BCUT2D eigenvalue weighted by molar-refractivity contribution is 5.79. The molecule has 0 aromatic carbocycles. The number of hydrogen-bond acceptors (Lipinski definition) is 4. The molecule has 152 valence electrons. The Balaban J connectivity index is 1.79. The molecule has 0 saturated carbocycles. The van der Waals surface area contributed by atoms with Gasteiger partial charge in [0.2, 0.25) is 0 Å². The largest absolute Gasteiger partial charge is 0.381 e. The van der Waals surface area contributed by atoms with Crippen molar-refractivity contribution in [3.8, 4) is 0 Å². The summed E-state index contributed by atoms with van der Waals surface area (Å²) in [6.07, 6.45) is 9.08. The standard InChI is InChI=1S/C21H37N5O/c1-3-5-15-27-16-9-11-24-21(22-4-2)25-18-19-10-12-23-20(17-19)26-13-7-6-8-14-26/h10,12,17H,3-9,11,13-16,18H2,1-2H3,(H2,22,24,25). The van der Waals surface area contributed by atoms with Crippen LogP contribution >= 0.6 is 0 Å². The molecule has 0 unspecified atom stereocenters. The predicted molar refractivity (Wildman–Crippen MR) is 113 cm³/mol. The zero-order valence-electron chi connectivity index (χ0n) is 17.2. The third-order valence-corrected chi connectivity index (χ3v) is 4.65. The molecule has 2 heterocycles. The second-order valence-corrected chi connectivity index (χ2v) is 7.01. The molecule has 1 aliphatic rings. The third kappa shape index (κ3) is 8.61. The summed E-state index contributed by atoms with van der Waals surface area (Å²) in [4.78, 5) is 11.7. The maximum Gasteiger partial charge on any atom is 0.191 e. The Kier molecular flexibility index (Phi) is 10.6. The van der Waals surface area contributed by atoms with Crippen LogP contribution in [0.1, 0.15) is 57.9 Å². The lowest BCUT2D eigenvalue weighted by atomic mass is 10.1. The first-order valence-corrected chi connectivity index (χ1v) is 10.6. The van der Waals surface area contributed by atoms with Crippen molar-refractivity contribution in [1.29, 1.82) is 0 Å². The zero-order chi connectivity index (χ0) is 19.2. The summed E-state index contributed by atoms with van der Waals surface area (Å²) >= 11 is 0. The van der Waals surface area contributed by atoms with Crippen molar-refractivity contribution >= 4 is 11.8 Å². The Bertz CT molecular complexity index is 543. The van der Waals surface area contributed by atoms with E-state index < -0.39 is 0 Å². The first-order chi connectivity index (χ1) is 13.3. The average Bonchev–Trinajstić information content (AvgIpc) is 2.72. The zero-order valence-corrected chi connectivity index (χ0v) is 17.2. The van der Waals surface area contributed by atoms with Crippen LogP contribution < -0.4 is 15.5 Å². The van der Waals surface area contributed by atoms with Crippen molar-refractivity contribution in [1.82, 2.24) is 15.6 Å². The first kappa shape index (κ1) is 21.5. The third-order valence-electron chi connectivity index (χ3n) is 4.65. The van der Waals surface area contributed by atoms with Gasteiger partial charge in [0.25, 0.3) is 0 Å². The number of nitrogens with zero attached hydrogens (tertiary/aromatic N) is 3. The van der Waals surface area contributed by atoms with E-state index in [-0.39, 0.29) is 0 Å².